The van der Waals surface area contributed by atoms with Crippen LogP contribution in [0.3, 0.4) is 0 Å². The van der Waals surface area contributed by atoms with Crippen molar-refractivity contribution in [2.24, 2.45) is 10.8 Å². The summed E-state index contributed by atoms with van der Waals surface area (Å²) >= 11 is 0. The predicted molar refractivity (Wildman–Crippen MR) is 61.5 cm³/mol. The molecule has 1 heterocycles. The van der Waals surface area contributed by atoms with Crippen LogP contribution in [-0.2, 0) is 4.74 Å². The number of hydrazine groups is 1. The largest absolute Gasteiger partial charge is 0.376 e. The van der Waals surface area contributed by atoms with E-state index in [1.807, 2.05) is 13.8 Å². The van der Waals surface area contributed by atoms with E-state index in [4.69, 9.17) is 10.6 Å². The highest BCUT2D eigenvalue weighted by molar-refractivity contribution is 5.79. The van der Waals surface area contributed by atoms with E-state index in [-0.39, 0.29) is 12.1 Å². The Balaban J connectivity index is 2.49. The van der Waals surface area contributed by atoms with Gasteiger partial charge in [0.2, 0.25) is 5.96 Å². The number of aliphatic imine (C=N–C) groups is 1. The Bertz CT molecular complexity index is 211. The molecule has 15 heavy (non-hydrogen) atoms. The summed E-state index contributed by atoms with van der Waals surface area (Å²) in [6, 6.07) is 0.460. The fourth-order valence-electron chi connectivity index (χ4n) is 1.66. The van der Waals surface area contributed by atoms with Crippen molar-refractivity contribution in [3.8, 4) is 0 Å². The summed E-state index contributed by atoms with van der Waals surface area (Å²) in [4.78, 5) is 4.46. The summed E-state index contributed by atoms with van der Waals surface area (Å²) < 4.78 is 5.56. The molecule has 4 N–H and O–H groups in total. The molecule has 0 aliphatic carbocycles. The lowest BCUT2D eigenvalue weighted by Gasteiger charge is -2.18. The lowest BCUT2D eigenvalue weighted by atomic mass is 10.1. The zero-order valence-corrected chi connectivity index (χ0v) is 9.79. The van der Waals surface area contributed by atoms with Crippen LogP contribution < -0.4 is 16.6 Å². The number of nitrogens with two attached hydrogens (primary N) is 1. The first kappa shape index (κ1) is 12.3. The third kappa shape index (κ3) is 4.05. The molecule has 5 nitrogen and oxygen atoms in total. The van der Waals surface area contributed by atoms with E-state index >= 15 is 0 Å². The first-order chi connectivity index (χ1) is 7.13. The maximum absolute atomic E-state index is 5.56. The summed E-state index contributed by atoms with van der Waals surface area (Å²) in [5, 5.41) is 3.14. The van der Waals surface area contributed by atoms with E-state index in [1.165, 1.54) is 0 Å². The van der Waals surface area contributed by atoms with Crippen molar-refractivity contribution in [2.75, 3.05) is 6.61 Å². The standard InChI is InChI=1S/C10H22N4O/c1-7(2)12-10(14-11)13-8(3)9-5-4-6-15-9/h7-9H,4-6,11H2,1-3H3,(H2,12,13,14). The molecule has 1 fully saturated rings. The van der Waals surface area contributed by atoms with Gasteiger partial charge in [0.15, 0.2) is 0 Å². The van der Waals surface area contributed by atoms with Gasteiger partial charge in [0.1, 0.15) is 0 Å². The molecule has 0 aromatic heterocycles. The summed E-state index contributed by atoms with van der Waals surface area (Å²) in [7, 11) is 0. The summed E-state index contributed by atoms with van der Waals surface area (Å²) in [5.41, 5.74) is 2.57. The highest BCUT2D eigenvalue weighted by atomic mass is 16.5. The van der Waals surface area contributed by atoms with Crippen LogP contribution in [0.1, 0.15) is 33.6 Å². The van der Waals surface area contributed by atoms with Gasteiger partial charge >= 0.3 is 0 Å². The normalized spacial score (nSPS) is 24.3. The molecule has 1 aliphatic heterocycles. The van der Waals surface area contributed by atoms with E-state index < -0.39 is 0 Å². The minimum Gasteiger partial charge on any atom is -0.376 e. The fraction of sp³-hybridized carbons (Fsp3) is 0.900. The summed E-state index contributed by atoms with van der Waals surface area (Å²) in [5.74, 6) is 6.02. The van der Waals surface area contributed by atoms with Crippen molar-refractivity contribution in [1.82, 2.24) is 10.7 Å². The van der Waals surface area contributed by atoms with Crippen molar-refractivity contribution >= 4 is 5.96 Å². The van der Waals surface area contributed by atoms with E-state index in [1.54, 1.807) is 0 Å². The van der Waals surface area contributed by atoms with Crippen LogP contribution in [0.25, 0.3) is 0 Å². The summed E-state index contributed by atoms with van der Waals surface area (Å²) in [6.45, 7) is 7.00. The van der Waals surface area contributed by atoms with Crippen molar-refractivity contribution in [3.05, 3.63) is 0 Å². The molecule has 0 saturated carbocycles. The second-order valence-electron chi connectivity index (χ2n) is 4.21. The van der Waals surface area contributed by atoms with E-state index in [9.17, 15) is 0 Å². The van der Waals surface area contributed by atoms with Gasteiger partial charge in [0.25, 0.3) is 0 Å². The molecule has 1 rings (SSSR count). The second kappa shape index (κ2) is 5.92. The Labute approximate surface area is 91.4 Å². The van der Waals surface area contributed by atoms with Crippen molar-refractivity contribution in [3.63, 3.8) is 0 Å². The van der Waals surface area contributed by atoms with Crippen LogP contribution in [0, 0.1) is 0 Å². The Morgan fingerprint density at radius 2 is 2.20 bits per heavy atom. The molecular weight excluding hydrogens is 192 g/mol. The highest BCUT2D eigenvalue weighted by Crippen LogP contribution is 2.17. The smallest absolute Gasteiger partial charge is 0.206 e. The van der Waals surface area contributed by atoms with Crippen LogP contribution in [-0.4, -0.2) is 30.8 Å². The van der Waals surface area contributed by atoms with Gasteiger partial charge in [0, 0.05) is 12.6 Å². The highest BCUT2D eigenvalue weighted by Gasteiger charge is 2.22. The number of nitrogens with one attached hydrogen (secondary N) is 2. The van der Waals surface area contributed by atoms with Gasteiger partial charge in [-0.25, -0.2) is 10.8 Å². The monoisotopic (exact) mass is 214 g/mol. The first-order valence-electron chi connectivity index (χ1n) is 5.56. The molecule has 0 amide bonds. The molecular formula is C10H22N4O. The van der Waals surface area contributed by atoms with Crippen LogP contribution in [0.2, 0.25) is 0 Å². The van der Waals surface area contributed by atoms with Gasteiger partial charge in [0.05, 0.1) is 12.1 Å². The lowest BCUT2D eigenvalue weighted by molar-refractivity contribution is 0.0951. The van der Waals surface area contributed by atoms with Gasteiger partial charge in [-0.2, -0.15) is 0 Å². The summed E-state index contributed by atoms with van der Waals surface area (Å²) in [6.07, 6.45) is 2.46. The predicted octanol–water partition coefficient (Wildman–Crippen LogP) is 0.371. The quantitative estimate of drug-likeness (QED) is 0.275. The molecule has 0 bridgehead atoms. The molecule has 2 unspecified atom stereocenters. The maximum Gasteiger partial charge on any atom is 0.206 e. The van der Waals surface area contributed by atoms with Gasteiger partial charge in [-0.05, 0) is 33.6 Å². The number of ether oxygens (including phenoxy) is 1. The number of rotatable bonds is 3. The van der Waals surface area contributed by atoms with Gasteiger partial charge in [-0.1, -0.05) is 0 Å². The number of guanidine groups is 1. The van der Waals surface area contributed by atoms with E-state index in [0.29, 0.717) is 12.0 Å². The third-order valence-electron chi connectivity index (χ3n) is 2.40. The zero-order valence-electron chi connectivity index (χ0n) is 9.79. The molecule has 0 radical (unpaired) electrons. The Morgan fingerprint density at radius 1 is 1.47 bits per heavy atom. The Kier molecular flexibility index (Phi) is 4.84. The minimum atomic E-state index is 0.143. The molecule has 5 heteroatoms. The zero-order chi connectivity index (χ0) is 11.3. The topological polar surface area (TPSA) is 71.7 Å². The van der Waals surface area contributed by atoms with Crippen LogP contribution in [0.15, 0.2) is 4.99 Å². The lowest BCUT2D eigenvalue weighted by Crippen LogP contribution is -2.45. The van der Waals surface area contributed by atoms with Crippen LogP contribution >= 0.6 is 0 Å². The van der Waals surface area contributed by atoms with Crippen LogP contribution in [0.4, 0.5) is 0 Å². The Hall–Kier alpha value is -0.810. The average molecular weight is 214 g/mol. The SMILES string of the molecule is CC(C)NC(=NC(C)C1CCCO1)NN. The van der Waals surface area contributed by atoms with Crippen molar-refractivity contribution in [1.29, 1.82) is 0 Å². The minimum absolute atomic E-state index is 0.143. The number of nitrogens with zero attached hydrogens (tertiary/aromatic N) is 1. The molecule has 0 aromatic carbocycles. The van der Waals surface area contributed by atoms with Crippen LogP contribution in [0.5, 0.6) is 0 Å². The number of hydrogen-bond donors (Lipinski definition) is 3. The second-order valence-corrected chi connectivity index (χ2v) is 4.21. The molecule has 1 saturated heterocycles. The van der Waals surface area contributed by atoms with E-state index in [0.717, 1.165) is 19.4 Å². The maximum atomic E-state index is 5.56. The van der Waals surface area contributed by atoms with Crippen molar-refractivity contribution < 1.29 is 4.74 Å². The molecule has 88 valence electrons. The molecule has 1 aliphatic rings. The van der Waals surface area contributed by atoms with Gasteiger partial charge in [-0.3, -0.25) is 5.43 Å². The Morgan fingerprint density at radius 3 is 2.67 bits per heavy atom. The third-order valence-corrected chi connectivity index (χ3v) is 2.40. The van der Waals surface area contributed by atoms with Gasteiger partial charge in [-0.15, -0.1) is 0 Å². The molecule has 2 atom stereocenters. The van der Waals surface area contributed by atoms with E-state index in [2.05, 4.69) is 22.7 Å². The number of hydrogen-bond acceptors (Lipinski definition) is 3. The molecule has 0 spiro atoms. The average Bonchev–Trinajstić information content (AvgIpc) is 2.68. The van der Waals surface area contributed by atoms with Gasteiger partial charge < -0.3 is 10.1 Å². The molecule has 0 aromatic rings. The van der Waals surface area contributed by atoms with Crippen molar-refractivity contribution in [2.45, 2.75) is 51.8 Å². The fourth-order valence-corrected chi connectivity index (χ4v) is 1.66. The first-order valence-corrected chi connectivity index (χ1v) is 5.56.